The van der Waals surface area contributed by atoms with E-state index in [1.165, 1.54) is 0 Å². The molecule has 1 fully saturated rings. The number of rotatable bonds is 8. The molecule has 0 aromatic carbocycles. The Morgan fingerprint density at radius 1 is 1.27 bits per heavy atom. The van der Waals surface area contributed by atoms with Gasteiger partial charge in [0.25, 0.3) is 0 Å². The number of nitrogens with zero attached hydrogens (tertiary/aromatic N) is 3. The van der Waals surface area contributed by atoms with Crippen LogP contribution >= 0.6 is 0 Å². The zero-order valence-corrected chi connectivity index (χ0v) is 17.6. The molecule has 1 rings (SSSR count). The van der Waals surface area contributed by atoms with Crippen LogP contribution < -0.4 is 10.6 Å². The van der Waals surface area contributed by atoms with Gasteiger partial charge in [-0.15, -0.1) is 0 Å². The number of aliphatic imine (C=N–C) groups is 1. The maximum atomic E-state index is 11.9. The maximum absolute atomic E-state index is 11.9. The summed E-state index contributed by atoms with van der Waals surface area (Å²) < 4.78 is 5.35. The zero-order chi connectivity index (χ0) is 19.6. The molecule has 1 heterocycles. The Morgan fingerprint density at radius 3 is 2.54 bits per heavy atom. The van der Waals surface area contributed by atoms with Gasteiger partial charge in [-0.3, -0.25) is 4.99 Å². The minimum atomic E-state index is -0.469. The van der Waals surface area contributed by atoms with Crippen molar-refractivity contribution in [3.8, 4) is 0 Å². The second-order valence-electron chi connectivity index (χ2n) is 7.69. The van der Waals surface area contributed by atoms with Gasteiger partial charge in [-0.1, -0.05) is 13.8 Å². The number of alkyl carbamates (subject to hydrolysis) is 1. The van der Waals surface area contributed by atoms with Gasteiger partial charge < -0.3 is 25.2 Å². The van der Waals surface area contributed by atoms with Gasteiger partial charge in [0.15, 0.2) is 5.96 Å². The van der Waals surface area contributed by atoms with Crippen molar-refractivity contribution in [1.29, 1.82) is 0 Å². The fourth-order valence-corrected chi connectivity index (χ4v) is 2.99. The molecule has 2 N–H and O–H groups in total. The van der Waals surface area contributed by atoms with Gasteiger partial charge in [0.05, 0.1) is 6.04 Å². The van der Waals surface area contributed by atoms with Crippen molar-refractivity contribution in [2.75, 3.05) is 45.8 Å². The molecule has 0 spiro atoms. The van der Waals surface area contributed by atoms with Crippen LogP contribution in [0.4, 0.5) is 4.79 Å². The molecule has 0 radical (unpaired) electrons. The minimum Gasteiger partial charge on any atom is -0.444 e. The Morgan fingerprint density at radius 2 is 1.96 bits per heavy atom. The molecule has 1 amide bonds. The SMILES string of the molecule is CCNC(=NCCCN(CC)CC)N1CCC(NC(=O)OC(C)(C)C)C1. The smallest absolute Gasteiger partial charge is 0.407 e. The molecule has 1 aliphatic heterocycles. The summed E-state index contributed by atoms with van der Waals surface area (Å²) >= 11 is 0. The molecular weight excluding hydrogens is 330 g/mol. The highest BCUT2D eigenvalue weighted by Gasteiger charge is 2.27. The number of guanidine groups is 1. The van der Waals surface area contributed by atoms with E-state index in [-0.39, 0.29) is 12.1 Å². The number of carbonyl (C=O) groups is 1. The Kier molecular flexibility index (Phi) is 9.76. The van der Waals surface area contributed by atoms with Crippen LogP contribution in [0.3, 0.4) is 0 Å². The van der Waals surface area contributed by atoms with E-state index < -0.39 is 5.60 Å². The highest BCUT2D eigenvalue weighted by Crippen LogP contribution is 2.12. The molecule has 0 aliphatic carbocycles. The second kappa shape index (κ2) is 11.3. The van der Waals surface area contributed by atoms with Crippen molar-refractivity contribution in [1.82, 2.24) is 20.4 Å². The summed E-state index contributed by atoms with van der Waals surface area (Å²) in [5.41, 5.74) is -0.469. The van der Waals surface area contributed by atoms with E-state index in [1.807, 2.05) is 20.8 Å². The van der Waals surface area contributed by atoms with Crippen LogP contribution in [0.5, 0.6) is 0 Å². The third-order valence-corrected chi connectivity index (χ3v) is 4.33. The van der Waals surface area contributed by atoms with Gasteiger partial charge in [0, 0.05) is 26.2 Å². The zero-order valence-electron chi connectivity index (χ0n) is 17.6. The van der Waals surface area contributed by atoms with Gasteiger partial charge in [-0.25, -0.2) is 4.79 Å². The first-order valence-corrected chi connectivity index (χ1v) is 10.0. The lowest BCUT2D eigenvalue weighted by Crippen LogP contribution is -2.44. The molecule has 7 heteroatoms. The van der Waals surface area contributed by atoms with Crippen LogP contribution in [0.1, 0.15) is 54.4 Å². The monoisotopic (exact) mass is 369 g/mol. The molecule has 0 aromatic rings. The molecule has 0 saturated carbocycles. The molecule has 0 bridgehead atoms. The lowest BCUT2D eigenvalue weighted by atomic mass is 10.2. The summed E-state index contributed by atoms with van der Waals surface area (Å²) in [5, 5.41) is 6.34. The quantitative estimate of drug-likeness (QED) is 0.390. The van der Waals surface area contributed by atoms with Crippen LogP contribution in [-0.2, 0) is 4.74 Å². The van der Waals surface area contributed by atoms with Crippen LogP contribution in [0.2, 0.25) is 0 Å². The average molecular weight is 370 g/mol. The third kappa shape index (κ3) is 8.74. The predicted octanol–water partition coefficient (Wildman–Crippen LogP) is 2.28. The van der Waals surface area contributed by atoms with Gasteiger partial charge in [0.1, 0.15) is 5.60 Å². The normalized spacial score (nSPS) is 18.3. The number of likely N-dealkylation sites (tertiary alicyclic amines) is 1. The van der Waals surface area contributed by atoms with Gasteiger partial charge in [-0.2, -0.15) is 0 Å². The number of nitrogens with one attached hydrogen (secondary N) is 2. The van der Waals surface area contributed by atoms with E-state index in [2.05, 4.69) is 41.2 Å². The number of hydrogen-bond donors (Lipinski definition) is 2. The van der Waals surface area contributed by atoms with Crippen molar-refractivity contribution in [3.05, 3.63) is 0 Å². The van der Waals surface area contributed by atoms with E-state index in [0.29, 0.717) is 0 Å². The molecular formula is C19H39N5O2. The summed E-state index contributed by atoms with van der Waals surface area (Å²) in [6, 6.07) is 0.101. The number of amides is 1. The molecule has 1 atom stereocenters. The number of hydrogen-bond acceptors (Lipinski definition) is 4. The standard InChI is InChI=1S/C19H39N5O2/c1-7-20-17(21-12-10-13-23(8-2)9-3)24-14-11-16(15-24)22-18(25)26-19(4,5)6/h16H,7-15H2,1-6H3,(H,20,21)(H,22,25). The Balaban J connectivity index is 2.47. The maximum Gasteiger partial charge on any atom is 0.407 e. The minimum absolute atomic E-state index is 0.101. The van der Waals surface area contributed by atoms with Crippen molar-refractivity contribution in [3.63, 3.8) is 0 Å². The molecule has 0 aromatic heterocycles. The van der Waals surface area contributed by atoms with E-state index in [0.717, 1.165) is 64.6 Å². The van der Waals surface area contributed by atoms with Crippen molar-refractivity contribution < 1.29 is 9.53 Å². The first-order chi connectivity index (χ1) is 12.3. The molecule has 1 saturated heterocycles. The largest absolute Gasteiger partial charge is 0.444 e. The van der Waals surface area contributed by atoms with Crippen LogP contribution in [0.15, 0.2) is 4.99 Å². The number of carbonyl (C=O) groups excluding carboxylic acids is 1. The van der Waals surface area contributed by atoms with Crippen molar-refractivity contribution >= 4 is 12.1 Å². The van der Waals surface area contributed by atoms with Crippen molar-refractivity contribution in [2.45, 2.75) is 66.0 Å². The van der Waals surface area contributed by atoms with Crippen LogP contribution in [0.25, 0.3) is 0 Å². The fourth-order valence-electron chi connectivity index (χ4n) is 2.99. The third-order valence-electron chi connectivity index (χ3n) is 4.33. The summed E-state index contributed by atoms with van der Waals surface area (Å²) in [6.45, 7) is 18.7. The summed E-state index contributed by atoms with van der Waals surface area (Å²) in [7, 11) is 0. The van der Waals surface area contributed by atoms with E-state index in [4.69, 9.17) is 9.73 Å². The van der Waals surface area contributed by atoms with Crippen LogP contribution in [-0.4, -0.2) is 79.3 Å². The molecule has 7 nitrogen and oxygen atoms in total. The van der Waals surface area contributed by atoms with Crippen LogP contribution in [0, 0.1) is 0 Å². The summed E-state index contributed by atoms with van der Waals surface area (Å²) in [6.07, 6.45) is 1.62. The van der Waals surface area contributed by atoms with Gasteiger partial charge >= 0.3 is 6.09 Å². The Labute approximate surface area is 159 Å². The van der Waals surface area contributed by atoms with Gasteiger partial charge in [-0.05, 0) is 60.2 Å². The second-order valence-corrected chi connectivity index (χ2v) is 7.69. The van der Waals surface area contributed by atoms with E-state index >= 15 is 0 Å². The van der Waals surface area contributed by atoms with Gasteiger partial charge in [0.2, 0.25) is 0 Å². The summed E-state index contributed by atoms with van der Waals surface area (Å²) in [5.74, 6) is 0.945. The number of ether oxygens (including phenoxy) is 1. The average Bonchev–Trinajstić information content (AvgIpc) is 3.00. The molecule has 26 heavy (non-hydrogen) atoms. The Bertz CT molecular complexity index is 444. The molecule has 1 unspecified atom stereocenters. The highest BCUT2D eigenvalue weighted by atomic mass is 16.6. The lowest BCUT2D eigenvalue weighted by molar-refractivity contribution is 0.0507. The predicted molar refractivity (Wildman–Crippen MR) is 108 cm³/mol. The topological polar surface area (TPSA) is 69.2 Å². The first kappa shape index (κ1) is 22.5. The first-order valence-electron chi connectivity index (χ1n) is 10.0. The van der Waals surface area contributed by atoms with E-state index in [9.17, 15) is 4.79 Å². The molecule has 1 aliphatic rings. The fraction of sp³-hybridized carbons (Fsp3) is 0.895. The molecule has 152 valence electrons. The lowest BCUT2D eigenvalue weighted by Gasteiger charge is -2.23. The highest BCUT2D eigenvalue weighted by molar-refractivity contribution is 5.80. The summed E-state index contributed by atoms with van der Waals surface area (Å²) in [4.78, 5) is 21.4. The Hall–Kier alpha value is -1.50. The van der Waals surface area contributed by atoms with Crippen molar-refractivity contribution in [2.24, 2.45) is 4.99 Å². The van der Waals surface area contributed by atoms with E-state index in [1.54, 1.807) is 0 Å².